The molecule has 0 fully saturated rings. The second-order valence-corrected chi connectivity index (χ2v) is 6.77. The number of anilines is 1. The van der Waals surface area contributed by atoms with Gasteiger partial charge in [-0.05, 0) is 32.0 Å². The molecule has 24 heavy (non-hydrogen) atoms. The topological polar surface area (TPSA) is 98.5 Å². The summed E-state index contributed by atoms with van der Waals surface area (Å²) in [6, 6.07) is 5.46. The minimum Gasteiger partial charge on any atom is -0.452 e. The van der Waals surface area contributed by atoms with Gasteiger partial charge in [0.1, 0.15) is 5.69 Å². The molecule has 1 aromatic carbocycles. The van der Waals surface area contributed by atoms with Crippen molar-refractivity contribution in [3.8, 4) is 0 Å². The number of ether oxygens (including phenoxy) is 1. The number of nitro benzene ring substituents is 1. The molecule has 0 atom stereocenters. The Hall–Kier alpha value is -2.45. The monoisotopic (exact) mass is 368 g/mol. The highest BCUT2D eigenvalue weighted by atomic mass is 35.5. The van der Waals surface area contributed by atoms with Gasteiger partial charge in [-0.1, -0.05) is 11.6 Å². The maximum Gasteiger partial charge on any atom is 0.339 e. The molecular formula is C15H13ClN2O5S. The summed E-state index contributed by atoms with van der Waals surface area (Å²) in [6.07, 6.45) is 0. The number of nitrogens with one attached hydrogen (secondary N) is 1. The van der Waals surface area contributed by atoms with Gasteiger partial charge < -0.3 is 10.1 Å². The SMILES string of the molecule is Cc1cc(C(=O)OCC(=O)Nc2cc(Cl)ccc2[N+](=O)[O-])c(C)s1. The fourth-order valence-electron chi connectivity index (χ4n) is 2.00. The summed E-state index contributed by atoms with van der Waals surface area (Å²) in [5.74, 6) is -1.31. The Morgan fingerprint density at radius 2 is 2.04 bits per heavy atom. The van der Waals surface area contributed by atoms with Crippen LogP contribution in [0.1, 0.15) is 20.1 Å². The number of thiophene rings is 1. The minimum absolute atomic E-state index is 0.0592. The van der Waals surface area contributed by atoms with E-state index in [4.69, 9.17) is 16.3 Å². The molecule has 0 bridgehead atoms. The van der Waals surface area contributed by atoms with Gasteiger partial charge in [-0.15, -0.1) is 11.3 Å². The van der Waals surface area contributed by atoms with Gasteiger partial charge >= 0.3 is 5.97 Å². The molecule has 9 heteroatoms. The molecule has 1 aromatic heterocycles. The first-order chi connectivity index (χ1) is 11.3. The molecule has 0 aliphatic rings. The summed E-state index contributed by atoms with van der Waals surface area (Å²) in [5, 5.41) is 13.5. The van der Waals surface area contributed by atoms with Crippen LogP contribution < -0.4 is 5.32 Å². The van der Waals surface area contributed by atoms with Crippen molar-refractivity contribution >= 4 is 46.2 Å². The fraction of sp³-hybridized carbons (Fsp3) is 0.200. The highest BCUT2D eigenvalue weighted by molar-refractivity contribution is 7.12. The molecule has 0 aliphatic heterocycles. The molecule has 1 heterocycles. The number of benzene rings is 1. The molecule has 2 rings (SSSR count). The van der Waals surface area contributed by atoms with E-state index in [9.17, 15) is 19.7 Å². The molecule has 0 unspecified atom stereocenters. The van der Waals surface area contributed by atoms with Crippen molar-refractivity contribution in [1.29, 1.82) is 0 Å². The summed E-state index contributed by atoms with van der Waals surface area (Å²) in [4.78, 5) is 35.9. The fourth-order valence-corrected chi connectivity index (χ4v) is 3.08. The van der Waals surface area contributed by atoms with Crippen LogP contribution in [0.2, 0.25) is 5.02 Å². The predicted molar refractivity (Wildman–Crippen MR) is 90.8 cm³/mol. The van der Waals surface area contributed by atoms with Crippen molar-refractivity contribution in [2.24, 2.45) is 0 Å². The number of hydrogen-bond donors (Lipinski definition) is 1. The first-order valence-electron chi connectivity index (χ1n) is 6.76. The second-order valence-electron chi connectivity index (χ2n) is 4.87. The normalized spacial score (nSPS) is 10.3. The number of esters is 1. The van der Waals surface area contributed by atoms with Crippen molar-refractivity contribution in [3.05, 3.63) is 54.7 Å². The number of aryl methyl sites for hydroxylation is 2. The van der Waals surface area contributed by atoms with Crippen LogP contribution in [0.3, 0.4) is 0 Å². The van der Waals surface area contributed by atoms with Crippen LogP contribution in [0.5, 0.6) is 0 Å². The third-order valence-corrected chi connectivity index (χ3v) is 4.23. The molecule has 2 aromatic rings. The van der Waals surface area contributed by atoms with Crippen LogP contribution in [0.25, 0.3) is 0 Å². The first-order valence-corrected chi connectivity index (χ1v) is 7.95. The zero-order valence-corrected chi connectivity index (χ0v) is 14.4. The second kappa shape index (κ2) is 7.41. The van der Waals surface area contributed by atoms with E-state index in [2.05, 4.69) is 5.32 Å². The zero-order valence-electron chi connectivity index (χ0n) is 12.8. The number of hydrogen-bond acceptors (Lipinski definition) is 6. The Morgan fingerprint density at radius 1 is 1.33 bits per heavy atom. The van der Waals surface area contributed by atoms with Crippen molar-refractivity contribution in [2.75, 3.05) is 11.9 Å². The van der Waals surface area contributed by atoms with Gasteiger partial charge in [-0.3, -0.25) is 14.9 Å². The number of nitro groups is 1. The molecule has 1 amide bonds. The van der Waals surface area contributed by atoms with Gasteiger partial charge in [0.25, 0.3) is 11.6 Å². The van der Waals surface area contributed by atoms with Crippen LogP contribution in [0.4, 0.5) is 11.4 Å². The van der Waals surface area contributed by atoms with E-state index in [0.29, 0.717) is 5.56 Å². The lowest BCUT2D eigenvalue weighted by Crippen LogP contribution is -2.21. The van der Waals surface area contributed by atoms with Gasteiger partial charge in [-0.2, -0.15) is 0 Å². The van der Waals surface area contributed by atoms with E-state index >= 15 is 0 Å². The molecule has 0 saturated heterocycles. The van der Waals surface area contributed by atoms with Crippen molar-refractivity contribution in [2.45, 2.75) is 13.8 Å². The number of amides is 1. The predicted octanol–water partition coefficient (Wildman–Crippen LogP) is 3.72. The lowest BCUT2D eigenvalue weighted by atomic mass is 10.2. The molecule has 0 spiro atoms. The van der Waals surface area contributed by atoms with E-state index in [1.54, 1.807) is 13.0 Å². The molecule has 7 nitrogen and oxygen atoms in total. The van der Waals surface area contributed by atoms with Gasteiger partial charge in [0, 0.05) is 20.8 Å². The van der Waals surface area contributed by atoms with Crippen LogP contribution in [-0.2, 0) is 9.53 Å². The van der Waals surface area contributed by atoms with Crippen molar-refractivity contribution < 1.29 is 19.2 Å². The first kappa shape index (κ1) is 17.9. The summed E-state index contributed by atoms with van der Waals surface area (Å²) in [7, 11) is 0. The van der Waals surface area contributed by atoms with Crippen LogP contribution in [-0.4, -0.2) is 23.4 Å². The summed E-state index contributed by atoms with van der Waals surface area (Å²) in [6.45, 7) is 3.08. The summed E-state index contributed by atoms with van der Waals surface area (Å²) in [5.41, 5.74) is 0.0403. The quantitative estimate of drug-likeness (QED) is 0.492. The highest BCUT2D eigenvalue weighted by Crippen LogP contribution is 2.27. The number of carbonyl (C=O) groups excluding carboxylic acids is 2. The Bertz CT molecular complexity index is 818. The summed E-state index contributed by atoms with van der Waals surface area (Å²) >= 11 is 7.22. The number of carbonyl (C=O) groups is 2. The van der Waals surface area contributed by atoms with E-state index in [-0.39, 0.29) is 16.4 Å². The number of halogens is 1. The maximum atomic E-state index is 11.9. The molecule has 0 saturated carbocycles. The van der Waals surface area contributed by atoms with Gasteiger partial charge in [0.2, 0.25) is 0 Å². The highest BCUT2D eigenvalue weighted by Gasteiger charge is 2.18. The summed E-state index contributed by atoms with van der Waals surface area (Å²) < 4.78 is 4.94. The van der Waals surface area contributed by atoms with E-state index in [0.717, 1.165) is 9.75 Å². The van der Waals surface area contributed by atoms with Crippen LogP contribution >= 0.6 is 22.9 Å². The lowest BCUT2D eigenvalue weighted by molar-refractivity contribution is -0.383. The van der Waals surface area contributed by atoms with Crippen molar-refractivity contribution in [1.82, 2.24) is 0 Å². The Kier molecular flexibility index (Phi) is 5.53. The standard InChI is InChI=1S/C15H13ClN2O5S/c1-8-5-11(9(2)24-8)15(20)23-7-14(19)17-12-6-10(16)3-4-13(12)18(21)22/h3-6H,7H2,1-2H3,(H,17,19). The van der Waals surface area contributed by atoms with E-state index < -0.39 is 23.4 Å². The maximum absolute atomic E-state index is 11.9. The average Bonchev–Trinajstić information content (AvgIpc) is 2.83. The molecule has 126 valence electrons. The molecule has 0 aliphatic carbocycles. The molecule has 0 radical (unpaired) electrons. The lowest BCUT2D eigenvalue weighted by Gasteiger charge is -2.07. The number of rotatable bonds is 5. The Morgan fingerprint density at radius 3 is 2.62 bits per heavy atom. The largest absolute Gasteiger partial charge is 0.452 e. The minimum atomic E-state index is -0.696. The van der Waals surface area contributed by atoms with E-state index in [1.165, 1.54) is 29.5 Å². The van der Waals surface area contributed by atoms with Crippen LogP contribution in [0.15, 0.2) is 24.3 Å². The van der Waals surface area contributed by atoms with Crippen LogP contribution in [0, 0.1) is 24.0 Å². The molecule has 1 N–H and O–H groups in total. The smallest absolute Gasteiger partial charge is 0.339 e. The third kappa shape index (κ3) is 4.30. The van der Waals surface area contributed by atoms with Gasteiger partial charge in [-0.25, -0.2) is 4.79 Å². The average molecular weight is 369 g/mol. The zero-order chi connectivity index (χ0) is 17.9. The van der Waals surface area contributed by atoms with E-state index in [1.807, 2.05) is 6.92 Å². The molecular weight excluding hydrogens is 356 g/mol. The van der Waals surface area contributed by atoms with Gasteiger partial charge in [0.05, 0.1) is 10.5 Å². The third-order valence-electron chi connectivity index (χ3n) is 3.02. The Balaban J connectivity index is 2.01. The van der Waals surface area contributed by atoms with Gasteiger partial charge in [0.15, 0.2) is 6.61 Å². The number of nitrogens with zero attached hydrogens (tertiary/aromatic N) is 1. The van der Waals surface area contributed by atoms with Crippen molar-refractivity contribution in [3.63, 3.8) is 0 Å². The Labute approximate surface area is 146 Å².